The first-order chi connectivity index (χ1) is 59.0. The average Bonchev–Trinajstić information content (AvgIpc) is 0.757. The molecule has 6 aromatic rings. The summed E-state index contributed by atoms with van der Waals surface area (Å²) in [5, 5.41) is 123. The molecule has 7 heterocycles. The molecule has 124 heavy (non-hydrogen) atoms. The van der Waals surface area contributed by atoms with Crippen LogP contribution < -0.4 is 56.6 Å². The molecular formula is C90H105Cl2N7O25. The Morgan fingerprint density at radius 3 is 1.95 bits per heavy atom. The zero-order valence-corrected chi connectivity index (χ0v) is 70.6. The van der Waals surface area contributed by atoms with Gasteiger partial charge in [0, 0.05) is 72.9 Å². The van der Waals surface area contributed by atoms with Crippen molar-refractivity contribution in [3.05, 3.63) is 147 Å². The van der Waals surface area contributed by atoms with Gasteiger partial charge < -0.3 is 111 Å². The van der Waals surface area contributed by atoms with Gasteiger partial charge in [0.2, 0.25) is 41.6 Å². The highest BCUT2D eigenvalue weighted by molar-refractivity contribution is 6.32. The molecular weight excluding hydrogens is 1650 g/mol. The van der Waals surface area contributed by atoms with Gasteiger partial charge in [-0.25, -0.2) is 0 Å². The van der Waals surface area contributed by atoms with Gasteiger partial charge in [-0.1, -0.05) is 62.2 Å². The maximum atomic E-state index is 16.8. The second kappa shape index (κ2) is 37.7. The van der Waals surface area contributed by atoms with Gasteiger partial charge in [-0.15, -0.1) is 0 Å². The lowest BCUT2D eigenvalue weighted by molar-refractivity contribution is -0.333. The van der Waals surface area contributed by atoms with Crippen LogP contribution in [0.25, 0.3) is 11.1 Å². The van der Waals surface area contributed by atoms with Crippen molar-refractivity contribution >= 4 is 76.0 Å². The monoisotopic (exact) mass is 1750 g/mol. The standard InChI is InChI=1S/C90H105Cl2N7O25/c1-7-43(20-39(2)3)84(113)98-75-62(104)29-51(32-70(107)95-85(114)44-8-13-53(14-9-44)118-19-18-94-6)86(115)96-73-50-30-67(120-65-16-11-46(77(75)108)27-58(65)91)81(124-89-82(80(111)79(110)69(38-100)122-89)123-71-37-90(5,93)83(112)40(4)119-71)68(31-50)121-66-17-12-47(28-59(66)92)78(109)76-88(117)97-74(64(106)35-54-48-22-41-21-42(24-48)25-49(54)23-41)57-33-52(101)34-61(103)72(57)56-26-45(10-15-60(56)102)55(36-63(73)105)87(116)99-76/h8-17,26-28,30-31,33-34,39-43,48-49,51,54-55,69,71,73-80,82-83,89,94,100-103,108-112H,7,18-25,29,32,35-38,93H2,1-6H3,(H,96,115)(H,97,117)(H,98,113)(H,99,116)(H,95,107,114)/t40-,41?,42?,43+,48?,49?,51-,54?,55+,69+,71-,73+,74-,75-,76-,77+,78+,79+,80-,82+,83+,89-,90-/m0/s1. The Labute approximate surface area is 724 Å². The molecule has 2 saturated heterocycles. The van der Waals surface area contributed by atoms with Crippen molar-refractivity contribution in [2.24, 2.45) is 53.1 Å². The smallest absolute Gasteiger partial charge is 0.257 e. The number of amides is 6. The molecule has 6 aromatic carbocycles. The maximum absolute atomic E-state index is 16.8. The molecule has 6 amide bonds. The van der Waals surface area contributed by atoms with Gasteiger partial charge in [0.1, 0.15) is 95.8 Å². The van der Waals surface area contributed by atoms with Gasteiger partial charge in [-0.2, -0.15) is 0 Å². The molecule has 11 aliphatic rings. The summed E-state index contributed by atoms with van der Waals surface area (Å²) >= 11 is 14.6. The predicted molar refractivity (Wildman–Crippen MR) is 445 cm³/mol. The number of hydrogen-bond acceptors (Lipinski definition) is 27. The van der Waals surface area contributed by atoms with E-state index in [2.05, 4.69) is 31.9 Å². The number of benzene rings is 6. The van der Waals surface area contributed by atoms with Crippen molar-refractivity contribution < 1.29 is 122 Å². The summed E-state index contributed by atoms with van der Waals surface area (Å²) in [6.45, 7) is 8.33. The number of Topliss-reactive ketones (excluding diaryl/α,β-unsaturated/α-hetero) is 3. The van der Waals surface area contributed by atoms with Gasteiger partial charge in [0.15, 0.2) is 41.2 Å². The quantitative estimate of drug-likeness (QED) is 0.0328. The number of nitrogens with one attached hydrogen (secondary N) is 6. The van der Waals surface area contributed by atoms with E-state index < -0.39 is 228 Å². The Bertz CT molecular complexity index is 5040. The van der Waals surface area contributed by atoms with E-state index in [0.717, 1.165) is 62.4 Å². The Balaban J connectivity index is 0.963. The van der Waals surface area contributed by atoms with Crippen LogP contribution in [0, 0.1) is 47.3 Å². The summed E-state index contributed by atoms with van der Waals surface area (Å²) in [5.74, 6) is -16.8. The number of hydrogen-bond donors (Lipinski definition) is 16. The van der Waals surface area contributed by atoms with Crippen molar-refractivity contribution in [3.8, 4) is 62.9 Å². The van der Waals surface area contributed by atoms with Crippen LogP contribution in [0.5, 0.6) is 51.7 Å². The third-order valence-electron chi connectivity index (χ3n) is 25.5. The number of aliphatic hydroxyl groups excluding tert-OH is 6. The minimum Gasteiger partial charge on any atom is -0.508 e. The van der Waals surface area contributed by atoms with Crippen LogP contribution >= 0.6 is 23.2 Å². The molecule has 32 nitrogen and oxygen atoms in total. The summed E-state index contributed by atoms with van der Waals surface area (Å²) in [4.78, 5) is 140. The molecule has 4 saturated carbocycles. The molecule has 0 aromatic heterocycles. The second-order valence-electron chi connectivity index (χ2n) is 34.9. The molecule has 0 radical (unpaired) electrons. The first-order valence-corrected chi connectivity index (χ1v) is 42.8. The topological polar surface area (TPSA) is 499 Å². The van der Waals surface area contributed by atoms with E-state index in [1.165, 1.54) is 86.6 Å². The lowest BCUT2D eigenvalue weighted by Crippen LogP contribution is -2.64. The lowest BCUT2D eigenvalue weighted by atomic mass is 9.51. The van der Waals surface area contributed by atoms with Gasteiger partial charge in [-0.05, 0) is 208 Å². The number of nitrogens with two attached hydrogens (primary N) is 1. The van der Waals surface area contributed by atoms with Gasteiger partial charge in [0.05, 0.1) is 40.7 Å². The molecule has 15 bridgehead atoms. The summed E-state index contributed by atoms with van der Waals surface area (Å²) < 4.78 is 45.0. The largest absolute Gasteiger partial charge is 0.508 e. The van der Waals surface area contributed by atoms with Crippen molar-refractivity contribution in [2.75, 3.05) is 26.8 Å². The molecule has 18 atom stereocenters. The number of carbonyl (C=O) groups is 9. The molecule has 0 spiro atoms. The fraction of sp³-hybridized carbons (Fsp3) is 0.500. The maximum Gasteiger partial charge on any atom is 0.257 e. The highest BCUT2D eigenvalue weighted by Crippen LogP contribution is 2.59. The van der Waals surface area contributed by atoms with Crippen molar-refractivity contribution in [1.29, 1.82) is 0 Å². The highest BCUT2D eigenvalue weighted by Gasteiger charge is 2.53. The summed E-state index contributed by atoms with van der Waals surface area (Å²) in [5.41, 5.74) is 3.48. The number of ether oxygens (including phenoxy) is 7. The fourth-order valence-electron chi connectivity index (χ4n) is 19.2. The molecule has 664 valence electrons. The molecule has 4 aliphatic carbocycles. The van der Waals surface area contributed by atoms with Crippen LogP contribution in [-0.2, 0) is 52.6 Å². The average molecular weight is 1760 g/mol. The number of phenolic OH excluding ortho intramolecular Hbond substituents is 3. The normalized spacial score (nSPS) is 30.6. The van der Waals surface area contributed by atoms with Crippen molar-refractivity contribution in [3.63, 3.8) is 0 Å². The fourth-order valence-corrected chi connectivity index (χ4v) is 19.7. The van der Waals surface area contributed by atoms with Gasteiger partial charge in [-0.3, -0.25) is 48.5 Å². The number of fused-ring (bicyclic) bond motifs is 15. The first-order valence-electron chi connectivity index (χ1n) is 42.0. The van der Waals surface area contributed by atoms with Crippen LogP contribution in [-0.4, -0.2) is 192 Å². The second-order valence-corrected chi connectivity index (χ2v) is 35.7. The Morgan fingerprint density at radius 2 is 1.34 bits per heavy atom. The minimum atomic E-state index is -2.25. The summed E-state index contributed by atoms with van der Waals surface area (Å²) in [6, 6.07) is 12.8. The zero-order valence-electron chi connectivity index (χ0n) is 69.1. The highest BCUT2D eigenvalue weighted by atomic mass is 35.5. The zero-order chi connectivity index (χ0) is 88.8. The van der Waals surface area contributed by atoms with E-state index >= 15 is 28.8 Å². The number of likely N-dealkylation sites (N-methyl/N-ethyl adjacent to an activating group) is 1. The van der Waals surface area contributed by atoms with Gasteiger partial charge in [0.25, 0.3) is 5.91 Å². The van der Waals surface area contributed by atoms with E-state index in [-0.39, 0.29) is 110 Å². The van der Waals surface area contributed by atoms with Crippen molar-refractivity contribution in [1.82, 2.24) is 31.9 Å². The van der Waals surface area contributed by atoms with Crippen LogP contribution in [0.1, 0.15) is 180 Å². The number of halogens is 2. The lowest BCUT2D eigenvalue weighted by Gasteiger charge is -2.54. The summed E-state index contributed by atoms with van der Waals surface area (Å²) in [6.07, 6.45) is -15.6. The van der Waals surface area contributed by atoms with E-state index in [1.54, 1.807) is 14.0 Å². The minimum absolute atomic E-state index is 0.0530. The van der Waals surface area contributed by atoms with E-state index in [1.807, 2.05) is 13.8 Å². The third-order valence-corrected chi connectivity index (χ3v) is 26.1. The Morgan fingerprint density at radius 1 is 0.694 bits per heavy atom. The number of imide groups is 1. The Hall–Kier alpha value is -9.91. The first kappa shape index (κ1) is 90.3. The third kappa shape index (κ3) is 19.4. The number of phenols is 3. The van der Waals surface area contributed by atoms with Crippen LogP contribution in [0.4, 0.5) is 0 Å². The van der Waals surface area contributed by atoms with E-state index in [4.69, 9.17) is 62.1 Å². The molecule has 0 unspecified atom stereocenters. The van der Waals surface area contributed by atoms with Gasteiger partial charge >= 0.3 is 0 Å². The molecule has 17 N–H and O–H groups in total. The van der Waals surface area contributed by atoms with E-state index in [0.29, 0.717) is 30.6 Å². The van der Waals surface area contributed by atoms with Crippen LogP contribution in [0.2, 0.25) is 10.0 Å². The molecule has 7 aliphatic heterocycles. The predicted octanol–water partition coefficient (Wildman–Crippen LogP) is 7.54. The number of aliphatic hydroxyl groups is 6. The molecule has 34 heteroatoms. The van der Waals surface area contributed by atoms with Crippen molar-refractivity contribution in [2.45, 2.75) is 209 Å². The molecule has 17 rings (SSSR count). The van der Waals surface area contributed by atoms with Crippen LogP contribution in [0.15, 0.2) is 103 Å². The SMILES string of the molecule is CC[C@H](CC(C)C)C(=O)N[C@H]1C(=O)C[C@@H](CC(=O)NC(=O)c2ccc(OCCNC)cc2)C(=O)N[C@H]2C(=O)C[C@H]3C(=O)N[C@H](C(=O)N[C@H](C(=O)CC4C5CC6CC(C5)CC4C6)c4cc(O)cc(O)c4-c4cc3ccc4O)[C@H](O)c3ccc(c(Cl)c3)Oc3cc2cc(c3O[C@@H]2O[C@H](CO)[C@@H](O)[C@H](O)[C@H]2O[C@H]2C[C@](C)(N)[C@H](O)[C@H](C)O2)Oc2ccc(cc2Cl)[C@H]1O. The number of ketones is 3. The number of carbonyl (C=O) groups excluding carboxylic acids is 9. The number of rotatable bonds is 20. The van der Waals surface area contributed by atoms with Crippen LogP contribution in [0.3, 0.4) is 0 Å². The van der Waals surface area contributed by atoms with E-state index in [9.17, 15) is 60.3 Å². The molecule has 6 fully saturated rings. The summed E-state index contributed by atoms with van der Waals surface area (Å²) in [7, 11) is 1.73. The number of aromatic hydroxyl groups is 3. The Kier molecular flexibility index (Phi) is 27.5.